The molecule has 4 heteroatoms. The van der Waals surface area contributed by atoms with Crippen molar-refractivity contribution in [2.45, 2.75) is 6.92 Å². The minimum absolute atomic E-state index is 0.233. The Balaban J connectivity index is 3.05. The summed E-state index contributed by atoms with van der Waals surface area (Å²) in [6.45, 7) is 1.52. The van der Waals surface area contributed by atoms with Crippen LogP contribution in [0.2, 0.25) is 0 Å². The van der Waals surface area contributed by atoms with Crippen molar-refractivity contribution in [1.29, 1.82) is 0 Å². The fourth-order valence-corrected chi connectivity index (χ4v) is 0.799. The molecule has 0 aromatic carbocycles. The van der Waals surface area contributed by atoms with Crippen LogP contribution in [-0.4, -0.2) is 17.9 Å². The molecule has 0 aliphatic heterocycles. The Bertz CT molecular complexity index is 312. The zero-order valence-electron chi connectivity index (χ0n) is 6.89. The van der Waals surface area contributed by atoms with Gasteiger partial charge in [-0.1, -0.05) is 0 Å². The van der Waals surface area contributed by atoms with E-state index < -0.39 is 5.82 Å². The highest BCUT2D eigenvalue weighted by Gasteiger charge is 2.06. The molecule has 0 atom stereocenters. The minimum atomic E-state index is -0.400. The molecule has 0 bridgehead atoms. The molecule has 0 aliphatic carbocycles. The standard InChI is InChI=1S/C8H9FN2O/c1-5-6(9)3-4-7(11-5)8(12)10-2/h3-4H,1-2H3,(H,10,12). The molecule has 1 aromatic heterocycles. The molecule has 1 amide bonds. The Hall–Kier alpha value is -1.45. The third-order valence-electron chi connectivity index (χ3n) is 1.48. The van der Waals surface area contributed by atoms with Gasteiger partial charge < -0.3 is 5.32 Å². The molecule has 1 aromatic rings. The average Bonchev–Trinajstić information content (AvgIpc) is 2.08. The van der Waals surface area contributed by atoms with Crippen LogP contribution in [0.25, 0.3) is 0 Å². The molecular formula is C8H9FN2O. The maximum Gasteiger partial charge on any atom is 0.269 e. The van der Waals surface area contributed by atoms with Gasteiger partial charge in [-0.15, -0.1) is 0 Å². The number of aryl methyl sites for hydroxylation is 1. The van der Waals surface area contributed by atoms with Crippen LogP contribution in [-0.2, 0) is 0 Å². The molecule has 3 nitrogen and oxygen atoms in total. The highest BCUT2D eigenvalue weighted by atomic mass is 19.1. The van der Waals surface area contributed by atoms with Crippen LogP contribution in [0, 0.1) is 12.7 Å². The molecule has 1 N–H and O–H groups in total. The predicted octanol–water partition coefficient (Wildman–Crippen LogP) is 0.889. The summed E-state index contributed by atoms with van der Waals surface area (Å²) in [7, 11) is 1.50. The number of pyridine rings is 1. The van der Waals surface area contributed by atoms with E-state index in [9.17, 15) is 9.18 Å². The molecule has 1 rings (SSSR count). The number of hydrogen-bond acceptors (Lipinski definition) is 2. The summed E-state index contributed by atoms with van der Waals surface area (Å²) in [5.41, 5.74) is 0.465. The lowest BCUT2D eigenvalue weighted by atomic mass is 10.3. The number of carbonyl (C=O) groups is 1. The zero-order valence-corrected chi connectivity index (χ0v) is 6.89. The molecule has 1 heterocycles. The van der Waals surface area contributed by atoms with E-state index >= 15 is 0 Å². The summed E-state index contributed by atoms with van der Waals surface area (Å²) in [5.74, 6) is -0.708. The lowest BCUT2D eigenvalue weighted by Crippen LogP contribution is -2.19. The normalized spacial score (nSPS) is 9.58. The Labute approximate surface area is 69.6 Å². The molecule has 12 heavy (non-hydrogen) atoms. The van der Waals surface area contributed by atoms with E-state index in [2.05, 4.69) is 10.3 Å². The van der Waals surface area contributed by atoms with Crippen molar-refractivity contribution in [3.8, 4) is 0 Å². The van der Waals surface area contributed by atoms with Crippen molar-refractivity contribution >= 4 is 5.91 Å². The number of nitrogens with one attached hydrogen (secondary N) is 1. The van der Waals surface area contributed by atoms with Gasteiger partial charge in [0, 0.05) is 7.05 Å². The van der Waals surface area contributed by atoms with Crippen LogP contribution in [0.5, 0.6) is 0 Å². The topological polar surface area (TPSA) is 42.0 Å². The fourth-order valence-electron chi connectivity index (χ4n) is 0.799. The van der Waals surface area contributed by atoms with Crippen LogP contribution in [0.15, 0.2) is 12.1 Å². The number of aromatic nitrogens is 1. The van der Waals surface area contributed by atoms with E-state index in [0.29, 0.717) is 0 Å². The highest BCUT2D eigenvalue weighted by molar-refractivity contribution is 5.91. The number of carbonyl (C=O) groups excluding carboxylic acids is 1. The molecule has 0 saturated heterocycles. The monoisotopic (exact) mass is 168 g/mol. The Morgan fingerprint density at radius 1 is 1.58 bits per heavy atom. The number of halogens is 1. The first kappa shape index (κ1) is 8.64. The largest absolute Gasteiger partial charge is 0.354 e. The van der Waals surface area contributed by atoms with Gasteiger partial charge in [-0.05, 0) is 19.1 Å². The van der Waals surface area contributed by atoms with E-state index in [-0.39, 0.29) is 17.3 Å². The second-order valence-corrected chi connectivity index (χ2v) is 2.34. The van der Waals surface area contributed by atoms with Crippen molar-refractivity contribution in [2.75, 3.05) is 7.05 Å². The molecule has 0 radical (unpaired) electrons. The quantitative estimate of drug-likeness (QED) is 0.676. The number of rotatable bonds is 1. The molecule has 0 fully saturated rings. The second kappa shape index (κ2) is 3.30. The molecular weight excluding hydrogens is 159 g/mol. The lowest BCUT2D eigenvalue weighted by molar-refractivity contribution is 0.0958. The van der Waals surface area contributed by atoms with Crippen molar-refractivity contribution < 1.29 is 9.18 Å². The lowest BCUT2D eigenvalue weighted by Gasteiger charge is -2.00. The van der Waals surface area contributed by atoms with E-state index in [4.69, 9.17) is 0 Å². The first-order valence-corrected chi connectivity index (χ1v) is 3.50. The van der Waals surface area contributed by atoms with Gasteiger partial charge in [0.15, 0.2) is 0 Å². The van der Waals surface area contributed by atoms with Gasteiger partial charge >= 0.3 is 0 Å². The maximum absolute atomic E-state index is 12.7. The Kier molecular flexibility index (Phi) is 2.38. The number of hydrogen-bond donors (Lipinski definition) is 1. The summed E-state index contributed by atoms with van der Waals surface area (Å²) in [4.78, 5) is 14.7. The number of nitrogens with zero attached hydrogens (tertiary/aromatic N) is 1. The first-order valence-electron chi connectivity index (χ1n) is 3.50. The van der Waals surface area contributed by atoms with Crippen molar-refractivity contribution in [2.24, 2.45) is 0 Å². The third-order valence-corrected chi connectivity index (χ3v) is 1.48. The second-order valence-electron chi connectivity index (χ2n) is 2.34. The van der Waals surface area contributed by atoms with Crippen LogP contribution in [0.4, 0.5) is 4.39 Å². The average molecular weight is 168 g/mol. The van der Waals surface area contributed by atoms with Gasteiger partial charge in [0.2, 0.25) is 0 Å². The van der Waals surface area contributed by atoms with E-state index in [1.807, 2.05) is 0 Å². The summed E-state index contributed by atoms with van der Waals surface area (Å²) in [6, 6.07) is 2.58. The highest BCUT2D eigenvalue weighted by Crippen LogP contribution is 2.03. The van der Waals surface area contributed by atoms with Gasteiger partial charge in [0.05, 0.1) is 5.69 Å². The summed E-state index contributed by atoms with van der Waals surface area (Å²) >= 11 is 0. The first-order chi connectivity index (χ1) is 5.65. The number of amides is 1. The summed E-state index contributed by atoms with van der Waals surface area (Å²) in [5, 5.41) is 2.40. The summed E-state index contributed by atoms with van der Waals surface area (Å²) < 4.78 is 12.7. The maximum atomic E-state index is 12.7. The Morgan fingerprint density at radius 2 is 2.25 bits per heavy atom. The van der Waals surface area contributed by atoms with Gasteiger partial charge in [-0.2, -0.15) is 0 Å². The zero-order chi connectivity index (χ0) is 9.14. The van der Waals surface area contributed by atoms with E-state index in [0.717, 1.165) is 0 Å². The van der Waals surface area contributed by atoms with Gasteiger partial charge in [0.25, 0.3) is 5.91 Å². The van der Waals surface area contributed by atoms with Crippen molar-refractivity contribution in [3.63, 3.8) is 0 Å². The molecule has 0 unspecified atom stereocenters. The van der Waals surface area contributed by atoms with Crippen molar-refractivity contribution in [3.05, 3.63) is 29.3 Å². The summed E-state index contributed by atoms with van der Waals surface area (Å²) in [6.07, 6.45) is 0. The molecule has 0 saturated carbocycles. The predicted molar refractivity (Wildman–Crippen MR) is 42.3 cm³/mol. The van der Waals surface area contributed by atoms with Gasteiger partial charge in [-0.25, -0.2) is 9.37 Å². The van der Waals surface area contributed by atoms with Crippen molar-refractivity contribution in [1.82, 2.24) is 10.3 Å². The molecule has 0 aliphatic rings. The minimum Gasteiger partial charge on any atom is -0.354 e. The van der Waals surface area contributed by atoms with Gasteiger partial charge in [0.1, 0.15) is 11.5 Å². The third kappa shape index (κ3) is 1.58. The van der Waals surface area contributed by atoms with Crippen LogP contribution >= 0.6 is 0 Å². The van der Waals surface area contributed by atoms with Gasteiger partial charge in [-0.3, -0.25) is 4.79 Å². The fraction of sp³-hybridized carbons (Fsp3) is 0.250. The van der Waals surface area contributed by atoms with Crippen LogP contribution in [0.3, 0.4) is 0 Å². The Morgan fingerprint density at radius 3 is 2.75 bits per heavy atom. The van der Waals surface area contributed by atoms with E-state index in [1.165, 1.54) is 26.1 Å². The van der Waals surface area contributed by atoms with Crippen LogP contribution in [0.1, 0.15) is 16.2 Å². The molecule has 0 spiro atoms. The molecule has 64 valence electrons. The van der Waals surface area contributed by atoms with Crippen LogP contribution < -0.4 is 5.32 Å². The smallest absolute Gasteiger partial charge is 0.269 e. The SMILES string of the molecule is CNC(=O)c1ccc(F)c(C)n1. The van der Waals surface area contributed by atoms with E-state index in [1.54, 1.807) is 0 Å².